The summed E-state index contributed by atoms with van der Waals surface area (Å²) in [5.41, 5.74) is 3.47. The SMILES string of the molecule is O=C(NC1CCCCC1)N1CC=C(c2c[nH]c3c(Cl)cccc23)CC1. The lowest BCUT2D eigenvalue weighted by atomic mass is 9.95. The van der Waals surface area contributed by atoms with Gasteiger partial charge in [0.2, 0.25) is 0 Å². The number of fused-ring (bicyclic) bond motifs is 1. The van der Waals surface area contributed by atoms with Gasteiger partial charge in [0.15, 0.2) is 0 Å². The molecule has 2 aliphatic rings. The maximum Gasteiger partial charge on any atom is 0.317 e. The van der Waals surface area contributed by atoms with Gasteiger partial charge in [-0.25, -0.2) is 4.79 Å². The van der Waals surface area contributed by atoms with Crippen LogP contribution in [0.15, 0.2) is 30.5 Å². The molecular formula is C20H24ClN3O. The number of nitrogens with zero attached hydrogens (tertiary/aromatic N) is 1. The Hall–Kier alpha value is -1.94. The molecule has 0 atom stereocenters. The average molecular weight is 358 g/mol. The number of aromatic amines is 1. The fourth-order valence-corrected chi connectivity index (χ4v) is 4.22. The number of benzene rings is 1. The third kappa shape index (κ3) is 3.40. The van der Waals surface area contributed by atoms with Gasteiger partial charge in [0.05, 0.1) is 10.5 Å². The second kappa shape index (κ2) is 7.12. The maximum atomic E-state index is 12.5. The molecule has 1 aromatic carbocycles. The molecule has 2 heterocycles. The Balaban J connectivity index is 1.44. The zero-order valence-electron chi connectivity index (χ0n) is 14.4. The number of amides is 2. The Bertz CT molecular complexity index is 804. The first-order valence-electron chi connectivity index (χ1n) is 9.23. The van der Waals surface area contributed by atoms with E-state index in [9.17, 15) is 4.79 Å². The third-order valence-electron chi connectivity index (χ3n) is 5.44. The molecule has 4 nitrogen and oxygen atoms in total. The first-order valence-corrected chi connectivity index (χ1v) is 9.60. The molecular weight excluding hydrogens is 334 g/mol. The van der Waals surface area contributed by atoms with E-state index in [1.54, 1.807) is 0 Å². The monoisotopic (exact) mass is 357 g/mol. The highest BCUT2D eigenvalue weighted by molar-refractivity contribution is 6.35. The minimum Gasteiger partial charge on any atom is -0.359 e. The number of carbonyl (C=O) groups excluding carboxylic acids is 1. The van der Waals surface area contributed by atoms with E-state index < -0.39 is 0 Å². The molecule has 1 saturated carbocycles. The highest BCUT2D eigenvalue weighted by Gasteiger charge is 2.22. The predicted octanol–water partition coefficient (Wildman–Crippen LogP) is 4.95. The summed E-state index contributed by atoms with van der Waals surface area (Å²) in [6.45, 7) is 1.43. The van der Waals surface area contributed by atoms with Gasteiger partial charge in [-0.3, -0.25) is 0 Å². The van der Waals surface area contributed by atoms with Crippen LogP contribution in [0.1, 0.15) is 44.1 Å². The summed E-state index contributed by atoms with van der Waals surface area (Å²) >= 11 is 6.25. The zero-order chi connectivity index (χ0) is 17.2. The fraction of sp³-hybridized carbons (Fsp3) is 0.450. The Morgan fingerprint density at radius 1 is 1.24 bits per heavy atom. The fourth-order valence-electron chi connectivity index (χ4n) is 3.99. The molecule has 0 saturated heterocycles. The van der Waals surface area contributed by atoms with Crippen molar-refractivity contribution in [3.05, 3.63) is 41.1 Å². The van der Waals surface area contributed by atoms with Crippen molar-refractivity contribution >= 4 is 34.1 Å². The number of urea groups is 1. The van der Waals surface area contributed by atoms with E-state index in [0.29, 0.717) is 12.6 Å². The number of rotatable bonds is 2. The van der Waals surface area contributed by atoms with Crippen LogP contribution in [0, 0.1) is 0 Å². The lowest BCUT2D eigenvalue weighted by Crippen LogP contribution is -2.46. The van der Waals surface area contributed by atoms with Crippen LogP contribution in [0.5, 0.6) is 0 Å². The van der Waals surface area contributed by atoms with Crippen molar-refractivity contribution in [1.29, 1.82) is 0 Å². The molecule has 2 aromatic rings. The number of aromatic nitrogens is 1. The lowest BCUT2D eigenvalue weighted by molar-refractivity contribution is 0.195. The van der Waals surface area contributed by atoms with Crippen molar-refractivity contribution in [2.24, 2.45) is 0 Å². The predicted molar refractivity (Wildman–Crippen MR) is 103 cm³/mol. The van der Waals surface area contributed by atoms with Gasteiger partial charge in [0, 0.05) is 36.3 Å². The van der Waals surface area contributed by atoms with Crippen LogP contribution in [-0.4, -0.2) is 35.0 Å². The Kier molecular flexibility index (Phi) is 4.71. The molecule has 1 aliphatic heterocycles. The molecule has 0 radical (unpaired) electrons. The number of hydrogen-bond acceptors (Lipinski definition) is 1. The van der Waals surface area contributed by atoms with E-state index in [4.69, 9.17) is 11.6 Å². The standard InChI is InChI=1S/C20H24ClN3O/c21-18-8-4-7-16-17(13-22-19(16)18)14-9-11-24(12-10-14)20(25)23-15-5-2-1-3-6-15/h4,7-9,13,15,22H,1-3,5-6,10-12H2,(H,23,25). The average Bonchev–Trinajstić information content (AvgIpc) is 3.08. The van der Waals surface area contributed by atoms with Crippen LogP contribution >= 0.6 is 11.6 Å². The van der Waals surface area contributed by atoms with Gasteiger partial charge in [-0.15, -0.1) is 0 Å². The molecule has 5 heteroatoms. The smallest absolute Gasteiger partial charge is 0.317 e. The van der Waals surface area contributed by atoms with Crippen molar-refractivity contribution in [3.63, 3.8) is 0 Å². The molecule has 0 spiro atoms. The number of hydrogen-bond donors (Lipinski definition) is 2. The minimum atomic E-state index is 0.0872. The van der Waals surface area contributed by atoms with Gasteiger partial charge in [0.1, 0.15) is 0 Å². The summed E-state index contributed by atoms with van der Waals surface area (Å²) in [5.74, 6) is 0. The molecule has 4 rings (SSSR count). The van der Waals surface area contributed by atoms with E-state index in [1.807, 2.05) is 23.2 Å². The second-order valence-electron chi connectivity index (χ2n) is 7.07. The summed E-state index contributed by atoms with van der Waals surface area (Å²) in [6.07, 6.45) is 11.1. The number of para-hydroxylation sites is 1. The highest BCUT2D eigenvalue weighted by atomic mass is 35.5. The molecule has 2 amide bonds. The first-order chi connectivity index (χ1) is 12.2. The summed E-state index contributed by atoms with van der Waals surface area (Å²) in [4.78, 5) is 17.7. The molecule has 132 valence electrons. The second-order valence-corrected chi connectivity index (χ2v) is 7.48. The van der Waals surface area contributed by atoms with Crippen molar-refractivity contribution in [3.8, 4) is 0 Å². The van der Waals surface area contributed by atoms with Crippen molar-refractivity contribution in [2.75, 3.05) is 13.1 Å². The van der Waals surface area contributed by atoms with Crippen LogP contribution in [0.4, 0.5) is 4.79 Å². The van der Waals surface area contributed by atoms with Crippen LogP contribution < -0.4 is 5.32 Å². The summed E-state index contributed by atoms with van der Waals surface area (Å²) < 4.78 is 0. The van der Waals surface area contributed by atoms with E-state index in [2.05, 4.69) is 22.4 Å². The van der Waals surface area contributed by atoms with Crippen LogP contribution in [0.2, 0.25) is 5.02 Å². The first kappa shape index (κ1) is 16.5. The number of halogens is 1. The molecule has 1 aromatic heterocycles. The van der Waals surface area contributed by atoms with Gasteiger partial charge in [-0.2, -0.15) is 0 Å². The van der Waals surface area contributed by atoms with E-state index >= 15 is 0 Å². The Morgan fingerprint density at radius 3 is 2.84 bits per heavy atom. The summed E-state index contributed by atoms with van der Waals surface area (Å²) in [7, 11) is 0. The molecule has 2 N–H and O–H groups in total. The molecule has 1 fully saturated rings. The van der Waals surface area contributed by atoms with Gasteiger partial charge in [-0.05, 0) is 30.9 Å². The molecule has 1 aliphatic carbocycles. The quantitative estimate of drug-likeness (QED) is 0.784. The van der Waals surface area contributed by atoms with Crippen molar-refractivity contribution in [2.45, 2.75) is 44.6 Å². The molecule has 25 heavy (non-hydrogen) atoms. The van der Waals surface area contributed by atoms with Crippen LogP contribution in [0.25, 0.3) is 16.5 Å². The van der Waals surface area contributed by atoms with E-state index in [-0.39, 0.29) is 6.03 Å². The van der Waals surface area contributed by atoms with Gasteiger partial charge >= 0.3 is 6.03 Å². The maximum absolute atomic E-state index is 12.5. The van der Waals surface area contributed by atoms with Gasteiger partial charge < -0.3 is 15.2 Å². The zero-order valence-corrected chi connectivity index (χ0v) is 15.1. The number of nitrogens with one attached hydrogen (secondary N) is 2. The van der Waals surface area contributed by atoms with Gasteiger partial charge in [0.25, 0.3) is 0 Å². The molecule has 0 bridgehead atoms. The Morgan fingerprint density at radius 2 is 2.08 bits per heavy atom. The number of carbonyl (C=O) groups is 1. The van der Waals surface area contributed by atoms with Crippen molar-refractivity contribution < 1.29 is 4.79 Å². The molecule has 0 unspecified atom stereocenters. The van der Waals surface area contributed by atoms with Crippen molar-refractivity contribution in [1.82, 2.24) is 15.2 Å². The Labute approximate surface area is 153 Å². The topological polar surface area (TPSA) is 48.1 Å². The van der Waals surface area contributed by atoms with E-state index in [0.717, 1.165) is 41.7 Å². The minimum absolute atomic E-state index is 0.0872. The largest absolute Gasteiger partial charge is 0.359 e. The van der Waals surface area contributed by atoms with Gasteiger partial charge in [-0.1, -0.05) is 49.1 Å². The van der Waals surface area contributed by atoms with Crippen LogP contribution in [0.3, 0.4) is 0 Å². The number of H-pyrrole nitrogens is 1. The summed E-state index contributed by atoms with van der Waals surface area (Å²) in [5, 5.41) is 5.11. The lowest BCUT2D eigenvalue weighted by Gasteiger charge is -2.30. The third-order valence-corrected chi connectivity index (χ3v) is 5.75. The summed E-state index contributed by atoms with van der Waals surface area (Å²) in [6, 6.07) is 6.42. The normalized spacial score (nSPS) is 19.1. The highest BCUT2D eigenvalue weighted by Crippen LogP contribution is 2.32. The van der Waals surface area contributed by atoms with E-state index in [1.165, 1.54) is 30.4 Å². The van der Waals surface area contributed by atoms with Crippen LogP contribution in [-0.2, 0) is 0 Å².